The van der Waals surface area contributed by atoms with Gasteiger partial charge in [-0.15, -0.1) is 0 Å². The summed E-state index contributed by atoms with van der Waals surface area (Å²) in [4.78, 5) is -0.504. The van der Waals surface area contributed by atoms with E-state index in [-0.39, 0.29) is 5.75 Å². The van der Waals surface area contributed by atoms with Crippen LogP contribution in [0, 0.1) is 0 Å². The largest absolute Gasteiger partial charge is 0.483 e. The van der Waals surface area contributed by atoms with E-state index in [0.717, 1.165) is 12.1 Å². The molecule has 0 aliphatic carbocycles. The lowest BCUT2D eigenvalue weighted by molar-refractivity contribution is -0.153. The second kappa shape index (κ2) is 5.32. The Balaban J connectivity index is 3.10. The van der Waals surface area contributed by atoms with Gasteiger partial charge in [0.05, 0.1) is 5.02 Å². The van der Waals surface area contributed by atoms with E-state index < -0.39 is 36.8 Å². The van der Waals surface area contributed by atoms with E-state index in [1.807, 2.05) is 0 Å². The Morgan fingerprint density at radius 1 is 1.17 bits per heavy atom. The Kier molecular flexibility index (Phi) is 4.64. The molecular weight excluding hydrogens is 340 g/mol. The fourth-order valence-corrected chi connectivity index (χ4v) is 2.76. The Morgan fingerprint density at radius 3 is 2.17 bits per heavy atom. The number of rotatable bonds is 3. The Labute approximate surface area is 115 Å². The molecule has 0 aromatic heterocycles. The van der Waals surface area contributed by atoms with Gasteiger partial charge in [-0.3, -0.25) is 0 Å². The molecule has 0 aliphatic heterocycles. The van der Waals surface area contributed by atoms with Gasteiger partial charge in [-0.25, -0.2) is 8.42 Å². The molecule has 0 spiro atoms. The molecule has 18 heavy (non-hydrogen) atoms. The number of benzene rings is 1. The number of hydrogen-bond acceptors (Lipinski definition) is 3. The van der Waals surface area contributed by atoms with Crippen LogP contribution in [0.1, 0.15) is 0 Å². The molecule has 3 nitrogen and oxygen atoms in total. The van der Waals surface area contributed by atoms with Gasteiger partial charge in [0.1, 0.15) is 15.7 Å². The summed E-state index contributed by atoms with van der Waals surface area (Å²) >= 11 is 11.2. The lowest BCUT2D eigenvalue weighted by Crippen LogP contribution is -2.19. The van der Waals surface area contributed by atoms with E-state index in [0.29, 0.717) is 0 Å². The molecule has 1 aromatic carbocycles. The van der Waals surface area contributed by atoms with Crippen molar-refractivity contribution in [3.63, 3.8) is 0 Å². The van der Waals surface area contributed by atoms with Crippen molar-refractivity contribution in [3.8, 4) is 5.75 Å². The van der Waals surface area contributed by atoms with E-state index >= 15 is 0 Å². The van der Waals surface area contributed by atoms with Crippen LogP contribution in [0.25, 0.3) is 0 Å². The predicted molar refractivity (Wildman–Crippen MR) is 61.1 cm³/mol. The van der Waals surface area contributed by atoms with E-state index in [4.69, 9.17) is 33.9 Å². The Bertz CT molecular complexity index is 557. The highest BCUT2D eigenvalue weighted by Gasteiger charge is 2.29. The summed E-state index contributed by atoms with van der Waals surface area (Å²) in [6.07, 6.45) is -4.55. The first-order valence-electron chi connectivity index (χ1n) is 4.14. The Hall–Kier alpha value is -0.370. The summed E-state index contributed by atoms with van der Waals surface area (Å²) in [7, 11) is 0.908. The summed E-state index contributed by atoms with van der Waals surface area (Å²) in [5, 5.41) is -0.950. The van der Waals surface area contributed by atoms with Gasteiger partial charge in [-0.05, 0) is 12.1 Å². The van der Waals surface area contributed by atoms with Gasteiger partial charge in [0.2, 0.25) is 0 Å². The van der Waals surface area contributed by atoms with E-state index in [2.05, 4.69) is 4.74 Å². The second-order valence-electron chi connectivity index (χ2n) is 3.03. The zero-order valence-electron chi connectivity index (χ0n) is 8.26. The summed E-state index contributed by atoms with van der Waals surface area (Å²) in [6.45, 7) is -1.57. The standard InChI is InChI=1S/C8H4Cl3F3O3S/c9-6-4(17-3-8(12,13)14)1-2-5(7(6)10)18(11,15)16/h1-2H,3H2. The van der Waals surface area contributed by atoms with Crippen molar-refractivity contribution in [2.45, 2.75) is 11.1 Å². The predicted octanol–water partition coefficient (Wildman–Crippen LogP) is 3.86. The van der Waals surface area contributed by atoms with Crippen LogP contribution in [0.2, 0.25) is 10.0 Å². The van der Waals surface area contributed by atoms with Gasteiger partial charge in [0, 0.05) is 10.7 Å². The average molecular weight is 344 g/mol. The van der Waals surface area contributed by atoms with Crippen LogP contribution < -0.4 is 4.74 Å². The first kappa shape index (κ1) is 15.7. The maximum atomic E-state index is 11.9. The molecule has 10 heteroatoms. The van der Waals surface area contributed by atoms with Gasteiger partial charge < -0.3 is 4.74 Å². The van der Waals surface area contributed by atoms with Crippen LogP contribution in [0.5, 0.6) is 5.75 Å². The fourth-order valence-electron chi connectivity index (χ4n) is 0.973. The molecule has 102 valence electrons. The third kappa shape index (κ3) is 4.08. The third-order valence-corrected chi connectivity index (χ3v) is 4.01. The van der Waals surface area contributed by atoms with Crippen LogP contribution >= 0.6 is 33.9 Å². The van der Waals surface area contributed by atoms with Gasteiger partial charge in [0.15, 0.2) is 6.61 Å². The molecule has 0 saturated heterocycles. The summed E-state index contributed by atoms with van der Waals surface area (Å²) in [5.41, 5.74) is 0. The molecule has 0 unspecified atom stereocenters. The van der Waals surface area contributed by atoms with Crippen LogP contribution in [0.15, 0.2) is 17.0 Å². The molecule has 1 aromatic rings. The summed E-state index contributed by atoms with van der Waals surface area (Å²) in [6, 6.07) is 1.84. The monoisotopic (exact) mass is 342 g/mol. The Morgan fingerprint density at radius 2 is 1.72 bits per heavy atom. The summed E-state index contributed by atoms with van der Waals surface area (Å²) in [5.74, 6) is -0.386. The van der Waals surface area contributed by atoms with Crippen molar-refractivity contribution in [1.82, 2.24) is 0 Å². The van der Waals surface area contributed by atoms with Crippen molar-refractivity contribution < 1.29 is 26.3 Å². The quantitative estimate of drug-likeness (QED) is 0.783. The second-order valence-corrected chi connectivity index (χ2v) is 6.32. The minimum atomic E-state index is -4.55. The molecule has 0 saturated carbocycles. The molecule has 0 radical (unpaired) electrons. The van der Waals surface area contributed by atoms with E-state index in [1.54, 1.807) is 0 Å². The molecular formula is C8H4Cl3F3O3S. The van der Waals surface area contributed by atoms with Crippen molar-refractivity contribution >= 4 is 42.9 Å². The van der Waals surface area contributed by atoms with Crippen LogP contribution in [-0.4, -0.2) is 21.2 Å². The van der Waals surface area contributed by atoms with Gasteiger partial charge in [-0.2, -0.15) is 13.2 Å². The summed E-state index contributed by atoms with van der Waals surface area (Å²) < 4.78 is 62.2. The van der Waals surface area contributed by atoms with Crippen molar-refractivity contribution in [1.29, 1.82) is 0 Å². The molecule has 0 N–H and O–H groups in total. The number of ether oxygens (including phenoxy) is 1. The van der Waals surface area contributed by atoms with Crippen molar-refractivity contribution in [3.05, 3.63) is 22.2 Å². The first-order chi connectivity index (χ1) is 8.02. The molecule has 0 aliphatic rings. The maximum absolute atomic E-state index is 11.9. The molecule has 0 heterocycles. The van der Waals surface area contributed by atoms with Gasteiger partial charge >= 0.3 is 6.18 Å². The normalized spacial score (nSPS) is 12.6. The number of halogens is 6. The minimum absolute atomic E-state index is 0.386. The third-order valence-electron chi connectivity index (χ3n) is 1.67. The molecule has 0 amide bonds. The highest BCUT2D eigenvalue weighted by atomic mass is 35.7. The minimum Gasteiger partial charge on any atom is -0.483 e. The molecule has 0 bridgehead atoms. The number of alkyl halides is 3. The van der Waals surface area contributed by atoms with Crippen molar-refractivity contribution in [2.75, 3.05) is 6.61 Å². The lowest BCUT2D eigenvalue weighted by atomic mass is 10.3. The molecule has 0 fully saturated rings. The lowest BCUT2D eigenvalue weighted by Gasteiger charge is -2.12. The van der Waals surface area contributed by atoms with E-state index in [1.165, 1.54) is 0 Å². The van der Waals surface area contributed by atoms with E-state index in [9.17, 15) is 21.6 Å². The highest BCUT2D eigenvalue weighted by molar-refractivity contribution is 8.13. The molecule has 1 rings (SSSR count). The number of hydrogen-bond donors (Lipinski definition) is 0. The zero-order valence-corrected chi connectivity index (χ0v) is 11.3. The SMILES string of the molecule is O=S(=O)(Cl)c1ccc(OCC(F)(F)F)c(Cl)c1Cl. The topological polar surface area (TPSA) is 43.4 Å². The highest BCUT2D eigenvalue weighted by Crippen LogP contribution is 2.38. The zero-order chi connectivity index (χ0) is 14.1. The average Bonchev–Trinajstić information content (AvgIpc) is 2.17. The maximum Gasteiger partial charge on any atom is 0.422 e. The van der Waals surface area contributed by atoms with Crippen LogP contribution in [0.3, 0.4) is 0 Å². The van der Waals surface area contributed by atoms with Crippen LogP contribution in [-0.2, 0) is 9.05 Å². The van der Waals surface area contributed by atoms with Gasteiger partial charge in [0.25, 0.3) is 9.05 Å². The fraction of sp³-hybridized carbons (Fsp3) is 0.250. The molecule has 0 atom stereocenters. The van der Waals surface area contributed by atoms with Crippen molar-refractivity contribution in [2.24, 2.45) is 0 Å². The first-order valence-corrected chi connectivity index (χ1v) is 7.21. The van der Waals surface area contributed by atoms with Gasteiger partial charge in [-0.1, -0.05) is 23.2 Å². The smallest absolute Gasteiger partial charge is 0.422 e. The van der Waals surface area contributed by atoms with Crippen LogP contribution in [0.4, 0.5) is 13.2 Å².